The van der Waals surface area contributed by atoms with E-state index < -0.39 is 0 Å². The van der Waals surface area contributed by atoms with E-state index in [1.807, 2.05) is 50.4 Å². The van der Waals surface area contributed by atoms with Gasteiger partial charge >= 0.3 is 6.03 Å². The second-order valence-electron chi connectivity index (χ2n) is 7.08. The van der Waals surface area contributed by atoms with Crippen molar-refractivity contribution in [2.45, 2.75) is 38.7 Å². The van der Waals surface area contributed by atoms with Gasteiger partial charge in [0.25, 0.3) is 0 Å². The third-order valence-corrected chi connectivity index (χ3v) is 4.83. The van der Waals surface area contributed by atoms with Crippen LogP contribution in [-0.2, 0) is 18.8 Å². The van der Waals surface area contributed by atoms with E-state index in [-0.39, 0.29) is 41.9 Å². The Hall–Kier alpha value is -2.01. The van der Waals surface area contributed by atoms with Gasteiger partial charge in [0, 0.05) is 37.6 Å². The fourth-order valence-electron chi connectivity index (χ4n) is 2.78. The minimum absolute atomic E-state index is 0. The van der Waals surface area contributed by atoms with E-state index in [0.29, 0.717) is 19.0 Å². The van der Waals surface area contributed by atoms with Gasteiger partial charge < -0.3 is 21.3 Å². The summed E-state index contributed by atoms with van der Waals surface area (Å²) in [6.07, 6.45) is 2.00. The van der Waals surface area contributed by atoms with Gasteiger partial charge in [-0.15, -0.1) is 24.0 Å². The zero-order valence-electron chi connectivity index (χ0n) is 18.3. The quantitative estimate of drug-likeness (QED) is 0.215. The number of nitrogens with one attached hydrogen (secondary N) is 4. The predicted molar refractivity (Wildman–Crippen MR) is 140 cm³/mol. The average molecular weight is 559 g/mol. The molecule has 31 heavy (non-hydrogen) atoms. The van der Waals surface area contributed by atoms with Crippen molar-refractivity contribution in [3.8, 4) is 0 Å². The number of guanidine groups is 1. The van der Waals surface area contributed by atoms with E-state index in [4.69, 9.17) is 0 Å². The number of nitrogens with zero attached hydrogens (tertiary/aromatic N) is 1. The van der Waals surface area contributed by atoms with Crippen molar-refractivity contribution in [3.63, 3.8) is 0 Å². The second kappa shape index (κ2) is 14.1. The molecular weight excluding hydrogens is 528 g/mol. The Morgan fingerprint density at radius 2 is 1.74 bits per heavy atom. The number of hydrogen-bond donors (Lipinski definition) is 4. The van der Waals surface area contributed by atoms with E-state index in [1.165, 1.54) is 6.07 Å². The highest BCUT2D eigenvalue weighted by Gasteiger charge is 2.06. The van der Waals surface area contributed by atoms with Crippen LogP contribution in [0, 0.1) is 5.82 Å². The zero-order chi connectivity index (χ0) is 21.9. The summed E-state index contributed by atoms with van der Waals surface area (Å²) in [6.45, 7) is 4.96. The Bertz CT molecular complexity index is 861. The van der Waals surface area contributed by atoms with Gasteiger partial charge in [-0.3, -0.25) is 4.99 Å². The maximum absolute atomic E-state index is 13.5. The van der Waals surface area contributed by atoms with Gasteiger partial charge in [-0.05, 0) is 61.1 Å². The molecule has 170 valence electrons. The number of anilines is 1. The smallest absolute Gasteiger partial charge is 0.319 e. The van der Waals surface area contributed by atoms with Crippen LogP contribution in [0.3, 0.4) is 0 Å². The lowest BCUT2D eigenvalue weighted by molar-refractivity contribution is 0.250. The molecule has 0 bridgehead atoms. The summed E-state index contributed by atoms with van der Waals surface area (Å²) >= 11 is 1.66. The normalized spacial score (nSPS) is 11.0. The molecule has 0 fully saturated rings. The molecule has 0 spiro atoms. The van der Waals surface area contributed by atoms with Crippen molar-refractivity contribution in [2.24, 2.45) is 4.99 Å². The summed E-state index contributed by atoms with van der Waals surface area (Å²) in [4.78, 5) is 16.0. The van der Waals surface area contributed by atoms with Gasteiger partial charge in [-0.25, -0.2) is 9.18 Å². The fraction of sp³-hybridized carbons (Fsp3) is 0.364. The van der Waals surface area contributed by atoms with Gasteiger partial charge in [0.05, 0.1) is 0 Å². The summed E-state index contributed by atoms with van der Waals surface area (Å²) in [7, 11) is 1.71. The summed E-state index contributed by atoms with van der Waals surface area (Å²) < 4.78 is 13.5. The summed E-state index contributed by atoms with van der Waals surface area (Å²) in [6, 6.07) is 12.4. The maximum atomic E-state index is 13.5. The Kier molecular flexibility index (Phi) is 12.3. The molecule has 0 atom stereocenters. The molecule has 2 amide bonds. The van der Waals surface area contributed by atoms with Crippen molar-refractivity contribution in [2.75, 3.05) is 18.6 Å². The van der Waals surface area contributed by atoms with E-state index >= 15 is 0 Å². The fourth-order valence-corrected chi connectivity index (χ4v) is 3.36. The number of carbonyl (C=O) groups is 1. The van der Waals surface area contributed by atoms with E-state index in [0.717, 1.165) is 28.1 Å². The number of amides is 2. The predicted octanol–water partition coefficient (Wildman–Crippen LogP) is 4.70. The third kappa shape index (κ3) is 9.77. The van der Waals surface area contributed by atoms with Crippen LogP contribution in [0.5, 0.6) is 0 Å². The first-order valence-corrected chi connectivity index (χ1v) is 11.2. The van der Waals surface area contributed by atoms with E-state index in [9.17, 15) is 9.18 Å². The molecule has 0 unspecified atom stereocenters. The molecule has 0 aliphatic rings. The van der Waals surface area contributed by atoms with Crippen molar-refractivity contribution in [1.82, 2.24) is 16.0 Å². The Morgan fingerprint density at radius 1 is 1.06 bits per heavy atom. The van der Waals surface area contributed by atoms with Crippen molar-refractivity contribution >= 4 is 53.4 Å². The first-order valence-electron chi connectivity index (χ1n) is 9.78. The SMILES string of the molecule is CN=C(NCc1ccc(NC(=O)NC(C)C)cc1)NCc1ccc(F)cc1CSC.I. The molecule has 0 aliphatic heterocycles. The van der Waals surface area contributed by atoms with Crippen LogP contribution >= 0.6 is 35.7 Å². The first kappa shape index (κ1) is 27.0. The number of rotatable bonds is 8. The topological polar surface area (TPSA) is 77.5 Å². The van der Waals surface area contributed by atoms with Gasteiger partial charge in [0.2, 0.25) is 0 Å². The molecule has 2 aromatic rings. The van der Waals surface area contributed by atoms with Crippen molar-refractivity contribution in [1.29, 1.82) is 0 Å². The van der Waals surface area contributed by atoms with Crippen LogP contribution in [0.2, 0.25) is 0 Å². The van der Waals surface area contributed by atoms with E-state index in [1.54, 1.807) is 24.9 Å². The molecule has 4 N–H and O–H groups in total. The highest BCUT2D eigenvalue weighted by molar-refractivity contribution is 14.0. The number of urea groups is 1. The van der Waals surface area contributed by atoms with Gasteiger partial charge in [-0.2, -0.15) is 11.8 Å². The lowest BCUT2D eigenvalue weighted by atomic mass is 10.1. The standard InChI is InChI=1S/C22H30FN5OS.HI/c1-15(2)27-22(29)28-20-9-5-16(6-10-20)12-25-21(24-3)26-13-17-7-8-19(23)11-18(17)14-30-4;/h5-11,15H,12-14H2,1-4H3,(H2,24,25,26)(H2,27,28,29);1H. The second-order valence-corrected chi connectivity index (χ2v) is 7.94. The Balaban J connectivity index is 0.00000480. The summed E-state index contributed by atoms with van der Waals surface area (Å²) in [5.41, 5.74) is 3.81. The molecule has 0 saturated heterocycles. The molecule has 0 aromatic heterocycles. The average Bonchev–Trinajstić information content (AvgIpc) is 2.70. The third-order valence-electron chi connectivity index (χ3n) is 4.23. The molecule has 2 rings (SSSR count). The number of aliphatic imine (C=N–C) groups is 1. The number of hydrogen-bond acceptors (Lipinski definition) is 3. The maximum Gasteiger partial charge on any atom is 0.319 e. The monoisotopic (exact) mass is 559 g/mol. The lowest BCUT2D eigenvalue weighted by Crippen LogP contribution is -2.36. The van der Waals surface area contributed by atoms with Crippen LogP contribution in [0.25, 0.3) is 0 Å². The zero-order valence-corrected chi connectivity index (χ0v) is 21.4. The van der Waals surface area contributed by atoms with Crippen LogP contribution in [0.4, 0.5) is 14.9 Å². The molecule has 6 nitrogen and oxygen atoms in total. The summed E-state index contributed by atoms with van der Waals surface area (Å²) in [5, 5.41) is 12.1. The minimum atomic E-state index is -0.220. The number of benzene rings is 2. The van der Waals surface area contributed by atoms with Crippen LogP contribution in [0.15, 0.2) is 47.5 Å². The molecule has 0 heterocycles. The molecule has 9 heteroatoms. The Labute approximate surface area is 205 Å². The molecule has 2 aromatic carbocycles. The largest absolute Gasteiger partial charge is 0.352 e. The van der Waals surface area contributed by atoms with Crippen molar-refractivity contribution in [3.05, 3.63) is 65.0 Å². The van der Waals surface area contributed by atoms with Gasteiger partial charge in [-0.1, -0.05) is 18.2 Å². The first-order chi connectivity index (χ1) is 14.4. The number of thioether (sulfide) groups is 1. The highest BCUT2D eigenvalue weighted by Crippen LogP contribution is 2.16. The number of carbonyl (C=O) groups excluding carboxylic acids is 1. The van der Waals surface area contributed by atoms with Crippen molar-refractivity contribution < 1.29 is 9.18 Å². The van der Waals surface area contributed by atoms with Crippen LogP contribution < -0.4 is 21.3 Å². The number of halogens is 2. The van der Waals surface area contributed by atoms with Gasteiger partial charge in [0.1, 0.15) is 5.82 Å². The minimum Gasteiger partial charge on any atom is -0.352 e. The van der Waals surface area contributed by atoms with Crippen LogP contribution in [0.1, 0.15) is 30.5 Å². The van der Waals surface area contributed by atoms with E-state index in [2.05, 4.69) is 26.3 Å². The molecule has 0 saturated carbocycles. The highest BCUT2D eigenvalue weighted by atomic mass is 127. The lowest BCUT2D eigenvalue weighted by Gasteiger charge is -2.15. The van der Waals surface area contributed by atoms with Gasteiger partial charge in [0.15, 0.2) is 5.96 Å². The van der Waals surface area contributed by atoms with Crippen LogP contribution in [-0.4, -0.2) is 31.3 Å². The molecular formula is C22H31FIN5OS. The molecule has 0 radical (unpaired) electrons. The summed E-state index contributed by atoms with van der Waals surface area (Å²) in [5.74, 6) is 1.20. The Morgan fingerprint density at radius 3 is 2.35 bits per heavy atom. The molecule has 0 aliphatic carbocycles.